The van der Waals surface area contributed by atoms with Gasteiger partial charge in [0, 0.05) is 12.8 Å². The van der Waals surface area contributed by atoms with E-state index < -0.39 is 98.0 Å². The van der Waals surface area contributed by atoms with E-state index in [4.69, 9.17) is 59.7 Å². The SMILES string of the molecule is CCCCCCCCCCCCCCCC(=O)OC[C@@H](COP(=O)(OCc1ccccc1)O[C@@H]1[C@H](O)[C@H](OP(=O)(OCc2ccccc2)OCc2ccccc2)[C@@H](OP(=O)(OCc2ccccc2)OCc2ccccc2)[C@H](OCc2ccccc2)[C@H]1OCc1ccccc1)OC(=O)CCCCCCCCCCCCCCC. The van der Waals surface area contributed by atoms with Crippen molar-refractivity contribution in [2.45, 2.75) is 283 Å². The maximum Gasteiger partial charge on any atom is 0.475 e. The molecule has 1 aliphatic rings. The van der Waals surface area contributed by atoms with Crippen molar-refractivity contribution < 1.29 is 88.1 Å². The number of rotatable bonds is 61. The Morgan fingerprint density at radius 2 is 0.536 bits per heavy atom. The van der Waals surface area contributed by atoms with Crippen molar-refractivity contribution >= 4 is 35.4 Å². The van der Waals surface area contributed by atoms with Crippen molar-refractivity contribution in [3.8, 4) is 0 Å². The molecule has 0 amide bonds. The monoisotopic (exact) mass is 1600 g/mol. The fraction of sp³-hybridized carbons (Fsp3) is 0.511. The van der Waals surface area contributed by atoms with Crippen LogP contribution in [0.1, 0.15) is 233 Å². The van der Waals surface area contributed by atoms with Gasteiger partial charge in [-0.2, -0.15) is 0 Å². The van der Waals surface area contributed by atoms with E-state index in [1.54, 1.807) is 127 Å². The van der Waals surface area contributed by atoms with Crippen molar-refractivity contribution in [2.24, 2.45) is 0 Å². The number of carbonyl (C=O) groups excluding carboxylic acids is 2. The number of aliphatic hydroxyl groups is 1. The van der Waals surface area contributed by atoms with E-state index in [-0.39, 0.29) is 52.5 Å². The van der Waals surface area contributed by atoms with Crippen LogP contribution in [0, 0.1) is 0 Å². The molecule has 112 heavy (non-hydrogen) atoms. The van der Waals surface area contributed by atoms with Crippen molar-refractivity contribution in [1.82, 2.24) is 0 Å². The zero-order valence-electron chi connectivity index (χ0n) is 66.0. The van der Waals surface area contributed by atoms with Crippen LogP contribution in [-0.4, -0.2) is 73.0 Å². The van der Waals surface area contributed by atoms with E-state index in [0.29, 0.717) is 51.8 Å². The zero-order valence-corrected chi connectivity index (χ0v) is 68.7. The summed E-state index contributed by atoms with van der Waals surface area (Å²) in [6, 6.07) is 62.6. The van der Waals surface area contributed by atoms with Crippen molar-refractivity contribution in [3.05, 3.63) is 251 Å². The second-order valence-electron chi connectivity index (χ2n) is 28.9. The summed E-state index contributed by atoms with van der Waals surface area (Å²) in [6.45, 7) is 1.15. The molecular weight excluding hydrogens is 1480 g/mol. The lowest BCUT2D eigenvalue weighted by Crippen LogP contribution is -2.66. The highest BCUT2D eigenvalue weighted by atomic mass is 31.2. The molecule has 22 heteroatoms. The first-order valence-corrected chi connectivity index (χ1v) is 45.4. The maximum atomic E-state index is 16.5. The number of carbonyl (C=O) groups is 2. The average Bonchev–Trinajstić information content (AvgIpc) is 0.749. The molecule has 7 aromatic carbocycles. The third-order valence-corrected chi connectivity index (χ3v) is 23.8. The quantitative estimate of drug-likeness (QED) is 0.0212. The number of benzene rings is 7. The van der Waals surface area contributed by atoms with Gasteiger partial charge >= 0.3 is 35.4 Å². The van der Waals surface area contributed by atoms with E-state index in [9.17, 15) is 14.7 Å². The van der Waals surface area contributed by atoms with Crippen LogP contribution in [0.4, 0.5) is 0 Å². The fourth-order valence-electron chi connectivity index (χ4n) is 13.2. The summed E-state index contributed by atoms with van der Waals surface area (Å²) in [5.41, 5.74) is 4.13. The maximum absolute atomic E-state index is 16.5. The van der Waals surface area contributed by atoms with Crippen molar-refractivity contribution in [3.63, 3.8) is 0 Å². The van der Waals surface area contributed by atoms with Gasteiger partial charge in [-0.3, -0.25) is 50.3 Å². The minimum Gasteiger partial charge on any atom is -0.462 e. The molecule has 0 spiro atoms. The molecule has 8 rings (SSSR count). The number of hydrogen-bond acceptors (Lipinski definition) is 19. The average molecular weight is 1600 g/mol. The molecule has 1 unspecified atom stereocenters. The van der Waals surface area contributed by atoms with Crippen LogP contribution in [0.25, 0.3) is 0 Å². The number of phosphoric acid groups is 3. The topological polar surface area (TPSA) is 226 Å². The highest BCUT2D eigenvalue weighted by molar-refractivity contribution is 7.49. The van der Waals surface area contributed by atoms with Crippen LogP contribution in [0.5, 0.6) is 0 Å². The number of unbranched alkanes of at least 4 members (excludes halogenated alkanes) is 24. The Kier molecular flexibility index (Phi) is 43.8. The van der Waals surface area contributed by atoms with Gasteiger partial charge in [0.05, 0.1) is 52.9 Å². The number of phosphoric ester groups is 3. The minimum atomic E-state index is -5.26. The molecule has 7 aromatic rings. The van der Waals surface area contributed by atoms with Gasteiger partial charge in [-0.25, -0.2) is 13.7 Å². The second-order valence-corrected chi connectivity index (χ2v) is 33.8. The van der Waals surface area contributed by atoms with E-state index in [0.717, 1.165) is 51.4 Å². The largest absolute Gasteiger partial charge is 0.475 e. The molecule has 0 bridgehead atoms. The Hall–Kier alpha value is -6.31. The molecule has 1 fully saturated rings. The first-order valence-electron chi connectivity index (χ1n) is 41.1. The summed E-state index contributed by atoms with van der Waals surface area (Å²) in [7, 11) is -15.4. The summed E-state index contributed by atoms with van der Waals surface area (Å²) in [5.74, 6) is -1.09. The van der Waals surface area contributed by atoms with E-state index in [1.165, 1.54) is 103 Å². The van der Waals surface area contributed by atoms with Gasteiger partial charge < -0.3 is 24.1 Å². The van der Waals surface area contributed by atoms with Crippen LogP contribution in [0.3, 0.4) is 0 Å². The molecule has 1 N–H and O–H groups in total. The lowest BCUT2D eigenvalue weighted by Gasteiger charge is -2.48. The summed E-state index contributed by atoms with van der Waals surface area (Å²) in [4.78, 5) is 27.8. The molecule has 0 radical (unpaired) electrons. The number of ether oxygens (including phenoxy) is 4. The van der Waals surface area contributed by atoms with E-state index in [1.807, 2.05) is 84.9 Å². The molecule has 0 aliphatic heterocycles. The molecule has 0 aromatic heterocycles. The highest BCUT2D eigenvalue weighted by Gasteiger charge is 2.60. The van der Waals surface area contributed by atoms with Gasteiger partial charge in [0.15, 0.2) is 6.10 Å². The van der Waals surface area contributed by atoms with Gasteiger partial charge in [0.1, 0.15) is 43.2 Å². The molecule has 0 heterocycles. The predicted molar refractivity (Wildman–Crippen MR) is 437 cm³/mol. The molecule has 612 valence electrons. The summed E-state index contributed by atoms with van der Waals surface area (Å²) < 4.78 is 133. The molecule has 19 nitrogen and oxygen atoms in total. The van der Waals surface area contributed by atoms with Crippen molar-refractivity contribution in [2.75, 3.05) is 13.2 Å². The Balaban J connectivity index is 1.14. The lowest BCUT2D eigenvalue weighted by molar-refractivity contribution is -0.244. The number of aliphatic hydroxyl groups excluding tert-OH is 1. The normalized spacial score (nSPS) is 17.4. The van der Waals surface area contributed by atoms with E-state index >= 15 is 13.7 Å². The number of esters is 2. The first-order chi connectivity index (χ1) is 54.8. The smallest absolute Gasteiger partial charge is 0.462 e. The van der Waals surface area contributed by atoms with Crippen LogP contribution in [0.15, 0.2) is 212 Å². The highest BCUT2D eigenvalue weighted by Crippen LogP contribution is 2.60. The van der Waals surface area contributed by atoms with Crippen LogP contribution in [-0.2, 0) is 129 Å². The van der Waals surface area contributed by atoms with Crippen molar-refractivity contribution in [1.29, 1.82) is 0 Å². The van der Waals surface area contributed by atoms with Gasteiger partial charge in [0.25, 0.3) is 0 Å². The third kappa shape index (κ3) is 36.2. The van der Waals surface area contributed by atoms with Gasteiger partial charge in [-0.15, -0.1) is 0 Å². The van der Waals surface area contributed by atoms with Gasteiger partial charge in [-0.05, 0) is 51.8 Å². The number of hydrogen-bond donors (Lipinski definition) is 1. The van der Waals surface area contributed by atoms with Crippen LogP contribution in [0.2, 0.25) is 0 Å². The third-order valence-electron chi connectivity index (χ3n) is 19.6. The molecule has 8 atom stereocenters. The standard InChI is InChI=1S/C90H123O19P3/c1-3-5-7-9-11-13-15-17-19-21-23-25-48-64-83(91)97-73-82(106-84(92)65-49-26-24-22-20-18-16-14-12-10-8-6-4-2)74-105-112(96,104-72-81-62-46-33-47-63-81)107-86-85(93)87(108-110(94,100-68-77-54-38-29-39-55-77)101-69-78-56-40-30-41-57-78)90(89(99-67-76-52-36-28-37-53-76)88(86)98-66-75-50-34-27-35-51-75)109-111(95,102-70-79-58-42-31-43-59-79)103-71-80-60-44-32-45-61-80/h27-47,50-63,82,85-90,93H,3-26,48-49,64-74H2,1-2H3/t82-,85-,86+,87-,88-,89+,90+,112?/m0/s1. The van der Waals surface area contributed by atoms with Gasteiger partial charge in [-0.1, -0.05) is 380 Å². The van der Waals surface area contributed by atoms with Gasteiger partial charge in [0.2, 0.25) is 0 Å². The summed E-state index contributed by atoms with van der Waals surface area (Å²) in [6.07, 6.45) is 16.6. The van der Waals surface area contributed by atoms with Crippen LogP contribution < -0.4 is 0 Å². The first kappa shape index (κ1) is 91.2. The minimum absolute atomic E-state index is 0.0546. The Morgan fingerprint density at radius 1 is 0.295 bits per heavy atom. The summed E-state index contributed by atoms with van der Waals surface area (Å²) in [5, 5.41) is 13.8. The lowest BCUT2D eigenvalue weighted by atomic mass is 9.84. The molecule has 0 saturated heterocycles. The Labute approximate surface area is 667 Å². The van der Waals surface area contributed by atoms with Crippen LogP contribution >= 0.6 is 23.5 Å². The summed E-state index contributed by atoms with van der Waals surface area (Å²) >= 11 is 0. The second kappa shape index (κ2) is 53.8. The molecule has 1 aliphatic carbocycles. The van der Waals surface area contributed by atoms with E-state index in [2.05, 4.69) is 13.8 Å². The molecular formula is C90H123O19P3. The Bertz CT molecular complexity index is 3650. The molecule has 1 saturated carbocycles. The fourth-order valence-corrected chi connectivity index (χ4v) is 17.3. The predicted octanol–water partition coefficient (Wildman–Crippen LogP) is 23.5. The zero-order chi connectivity index (χ0) is 78.8. The Morgan fingerprint density at radius 3 is 0.839 bits per heavy atom.